The van der Waals surface area contributed by atoms with Crippen molar-refractivity contribution in [2.75, 3.05) is 0 Å². The fourth-order valence-corrected chi connectivity index (χ4v) is 3.39. The summed E-state index contributed by atoms with van der Waals surface area (Å²) in [6.45, 7) is 18.5. The third-order valence-electron chi connectivity index (χ3n) is 6.49. The normalized spacial score (nSPS) is 28.1. The average molecular weight is 252 g/mol. The molecule has 0 atom stereocenters. The standard InChI is InChI=1S/C16H28O2/c1-10(17)11-12(18)14(4,5)16(8,9)15(6,7)13(11,2)3/h18H,1-9H3. The second-order valence-corrected chi connectivity index (χ2v) is 7.78. The first-order chi connectivity index (χ1) is 7.73. The molecule has 0 aliphatic heterocycles. The largest absolute Gasteiger partial charge is 0.511 e. The number of allylic oxidation sites excluding steroid dienone is 2. The maximum Gasteiger partial charge on any atom is 0.159 e. The monoisotopic (exact) mass is 252 g/mol. The Morgan fingerprint density at radius 2 is 1.17 bits per heavy atom. The van der Waals surface area contributed by atoms with Gasteiger partial charge in [0, 0.05) is 16.4 Å². The molecule has 1 rings (SSSR count). The third-order valence-corrected chi connectivity index (χ3v) is 6.49. The van der Waals surface area contributed by atoms with Crippen LogP contribution < -0.4 is 0 Å². The molecule has 1 aliphatic carbocycles. The highest BCUT2D eigenvalue weighted by molar-refractivity contribution is 5.95. The van der Waals surface area contributed by atoms with Gasteiger partial charge in [-0.3, -0.25) is 4.79 Å². The van der Waals surface area contributed by atoms with E-state index in [0.717, 1.165) is 0 Å². The van der Waals surface area contributed by atoms with Crippen LogP contribution in [-0.4, -0.2) is 10.9 Å². The molecule has 0 heterocycles. The summed E-state index contributed by atoms with van der Waals surface area (Å²) in [5.41, 5.74) is -0.380. The average Bonchev–Trinajstić information content (AvgIpc) is 2.14. The Hall–Kier alpha value is -0.790. The van der Waals surface area contributed by atoms with Gasteiger partial charge in [0.2, 0.25) is 0 Å². The van der Waals surface area contributed by atoms with Gasteiger partial charge in [-0.15, -0.1) is 0 Å². The lowest BCUT2D eigenvalue weighted by Crippen LogP contribution is -2.58. The summed E-state index contributed by atoms with van der Waals surface area (Å²) in [6.07, 6.45) is 0. The van der Waals surface area contributed by atoms with Gasteiger partial charge in [-0.2, -0.15) is 0 Å². The predicted molar refractivity (Wildman–Crippen MR) is 75.5 cm³/mol. The van der Waals surface area contributed by atoms with Crippen LogP contribution in [0.5, 0.6) is 0 Å². The molecule has 0 saturated heterocycles. The van der Waals surface area contributed by atoms with Gasteiger partial charge in [0.1, 0.15) is 5.76 Å². The molecule has 0 aromatic carbocycles. The van der Waals surface area contributed by atoms with Crippen LogP contribution in [0.3, 0.4) is 0 Å². The van der Waals surface area contributed by atoms with E-state index in [1.54, 1.807) is 6.92 Å². The molecule has 0 saturated carbocycles. The van der Waals surface area contributed by atoms with E-state index >= 15 is 0 Å². The quantitative estimate of drug-likeness (QED) is 0.745. The lowest BCUT2D eigenvalue weighted by molar-refractivity contribution is -0.127. The zero-order valence-electron chi connectivity index (χ0n) is 13.4. The molecule has 0 aromatic heterocycles. The van der Waals surface area contributed by atoms with Crippen LogP contribution in [0.2, 0.25) is 0 Å². The molecule has 2 nitrogen and oxygen atoms in total. The summed E-state index contributed by atoms with van der Waals surface area (Å²) >= 11 is 0. The number of Topliss-reactive ketones (excluding diaryl/α,β-unsaturated/α-hetero) is 1. The van der Waals surface area contributed by atoms with Crippen molar-refractivity contribution >= 4 is 5.78 Å². The molecule has 2 heteroatoms. The van der Waals surface area contributed by atoms with Crippen LogP contribution in [0.25, 0.3) is 0 Å². The van der Waals surface area contributed by atoms with Crippen molar-refractivity contribution in [3.63, 3.8) is 0 Å². The minimum atomic E-state index is -0.410. The zero-order chi connectivity index (χ0) is 14.7. The molecule has 18 heavy (non-hydrogen) atoms. The van der Waals surface area contributed by atoms with Crippen molar-refractivity contribution in [3.8, 4) is 0 Å². The number of aliphatic hydroxyl groups excluding tert-OH is 1. The molecule has 104 valence electrons. The number of hydrogen-bond acceptors (Lipinski definition) is 2. The molecule has 1 aliphatic rings. The topological polar surface area (TPSA) is 37.3 Å². The van der Waals surface area contributed by atoms with Crippen molar-refractivity contribution in [2.45, 2.75) is 62.3 Å². The minimum Gasteiger partial charge on any atom is -0.511 e. The van der Waals surface area contributed by atoms with Gasteiger partial charge in [-0.05, 0) is 17.8 Å². The summed E-state index contributed by atoms with van der Waals surface area (Å²) in [7, 11) is 0. The number of hydrogen-bond donors (Lipinski definition) is 1. The molecular weight excluding hydrogens is 224 g/mol. The van der Waals surface area contributed by atoms with Crippen LogP contribution in [-0.2, 0) is 4.79 Å². The molecule has 0 bridgehead atoms. The number of rotatable bonds is 1. The second kappa shape index (κ2) is 3.61. The molecule has 0 spiro atoms. The van der Waals surface area contributed by atoms with Crippen LogP contribution in [0.4, 0.5) is 0 Å². The summed E-state index contributed by atoms with van der Waals surface area (Å²) in [4.78, 5) is 12.0. The first kappa shape index (κ1) is 15.3. The Morgan fingerprint density at radius 3 is 1.50 bits per heavy atom. The maximum absolute atomic E-state index is 12.0. The number of carbonyl (C=O) groups excluding carboxylic acids is 1. The summed E-state index contributed by atoms with van der Waals surface area (Å²) in [5, 5.41) is 10.6. The molecule has 1 N–H and O–H groups in total. The number of aliphatic hydroxyl groups is 1. The molecular formula is C16H28O2. The molecule has 0 aromatic rings. The van der Waals surface area contributed by atoms with E-state index < -0.39 is 5.41 Å². The molecule has 0 amide bonds. The Balaban J connectivity index is 3.79. The summed E-state index contributed by atoms with van der Waals surface area (Å²) < 4.78 is 0. The Morgan fingerprint density at radius 1 is 0.833 bits per heavy atom. The highest BCUT2D eigenvalue weighted by Crippen LogP contribution is 2.67. The van der Waals surface area contributed by atoms with Gasteiger partial charge in [0.15, 0.2) is 5.78 Å². The highest BCUT2D eigenvalue weighted by Gasteiger charge is 2.62. The van der Waals surface area contributed by atoms with E-state index in [9.17, 15) is 9.90 Å². The fourth-order valence-electron chi connectivity index (χ4n) is 3.39. The van der Waals surface area contributed by atoms with Crippen molar-refractivity contribution in [1.82, 2.24) is 0 Å². The van der Waals surface area contributed by atoms with E-state index in [1.807, 2.05) is 13.8 Å². The number of ketones is 1. The highest BCUT2D eigenvalue weighted by atomic mass is 16.3. The lowest BCUT2D eigenvalue weighted by atomic mass is 9.41. The molecule has 0 unspecified atom stereocenters. The zero-order valence-corrected chi connectivity index (χ0v) is 13.4. The van der Waals surface area contributed by atoms with E-state index in [-0.39, 0.29) is 27.8 Å². The van der Waals surface area contributed by atoms with Crippen molar-refractivity contribution in [3.05, 3.63) is 11.3 Å². The molecule has 0 radical (unpaired) electrons. The van der Waals surface area contributed by atoms with Crippen molar-refractivity contribution in [2.24, 2.45) is 21.7 Å². The van der Waals surface area contributed by atoms with Gasteiger partial charge in [-0.1, -0.05) is 55.4 Å². The molecule has 0 fully saturated rings. The van der Waals surface area contributed by atoms with Crippen LogP contribution in [0.15, 0.2) is 11.3 Å². The van der Waals surface area contributed by atoms with Crippen molar-refractivity contribution in [1.29, 1.82) is 0 Å². The minimum absolute atomic E-state index is 0.0193. The Kier molecular flexibility index (Phi) is 3.07. The second-order valence-electron chi connectivity index (χ2n) is 7.78. The lowest BCUT2D eigenvalue weighted by Gasteiger charge is -2.62. The van der Waals surface area contributed by atoms with Gasteiger partial charge in [0.25, 0.3) is 0 Å². The Labute approximate surface area is 111 Å². The van der Waals surface area contributed by atoms with Gasteiger partial charge >= 0.3 is 0 Å². The van der Waals surface area contributed by atoms with E-state index in [2.05, 4.69) is 41.5 Å². The van der Waals surface area contributed by atoms with E-state index in [4.69, 9.17) is 0 Å². The van der Waals surface area contributed by atoms with Crippen LogP contribution in [0, 0.1) is 21.7 Å². The fraction of sp³-hybridized carbons (Fsp3) is 0.812. The first-order valence-corrected chi connectivity index (χ1v) is 6.68. The van der Waals surface area contributed by atoms with Gasteiger partial charge in [-0.25, -0.2) is 0 Å². The predicted octanol–water partition coefficient (Wildman–Crippen LogP) is 4.51. The summed E-state index contributed by atoms with van der Waals surface area (Å²) in [5.74, 6) is 0.249. The van der Waals surface area contributed by atoms with Crippen molar-refractivity contribution < 1.29 is 9.90 Å². The van der Waals surface area contributed by atoms with Gasteiger partial charge in [0.05, 0.1) is 0 Å². The van der Waals surface area contributed by atoms with Crippen LogP contribution in [0.1, 0.15) is 62.3 Å². The third kappa shape index (κ3) is 1.44. The van der Waals surface area contributed by atoms with Crippen LogP contribution >= 0.6 is 0 Å². The first-order valence-electron chi connectivity index (χ1n) is 6.68. The van der Waals surface area contributed by atoms with E-state index in [1.165, 1.54) is 0 Å². The smallest absolute Gasteiger partial charge is 0.159 e. The maximum atomic E-state index is 12.0. The number of carbonyl (C=O) groups is 1. The Bertz CT molecular complexity index is 420. The SMILES string of the molecule is CC(=O)C1=C(O)C(C)(C)C(C)(C)C(C)(C)C1(C)C. The van der Waals surface area contributed by atoms with Gasteiger partial charge < -0.3 is 5.11 Å². The summed E-state index contributed by atoms with van der Waals surface area (Å²) in [6, 6.07) is 0. The van der Waals surface area contributed by atoms with E-state index in [0.29, 0.717) is 5.57 Å².